The molecule has 0 bridgehead atoms. The van der Waals surface area contributed by atoms with E-state index in [0.29, 0.717) is 15.4 Å². The fourth-order valence-electron chi connectivity index (χ4n) is 1.74. The number of nitrogens with zero attached hydrogens (tertiary/aromatic N) is 1. The van der Waals surface area contributed by atoms with Crippen molar-refractivity contribution < 1.29 is 9.18 Å². The number of hydrogen-bond donors (Lipinski definition) is 1. The number of thiazole rings is 1. The molecule has 1 N–H and O–H groups in total. The van der Waals surface area contributed by atoms with Crippen molar-refractivity contribution in [3.63, 3.8) is 0 Å². The first-order valence-corrected chi connectivity index (χ1v) is 7.36. The third-order valence-corrected chi connectivity index (χ3v) is 4.16. The maximum Gasteiger partial charge on any atom is 0.257 e. The minimum absolute atomic E-state index is 0.267. The van der Waals surface area contributed by atoms with Gasteiger partial charge in [-0.3, -0.25) is 10.1 Å². The zero-order valence-corrected chi connectivity index (χ0v) is 12.5. The Morgan fingerprint density at radius 3 is 2.65 bits per heavy atom. The number of hydrogen-bond acceptors (Lipinski definition) is 3. The summed E-state index contributed by atoms with van der Waals surface area (Å²) in [5.41, 5.74) is 0.802. The van der Waals surface area contributed by atoms with E-state index in [0.717, 1.165) is 4.47 Å². The minimum Gasteiger partial charge on any atom is -0.298 e. The van der Waals surface area contributed by atoms with Crippen LogP contribution in [0.3, 0.4) is 0 Å². The number of benzene rings is 2. The van der Waals surface area contributed by atoms with Crippen LogP contribution in [0.15, 0.2) is 46.9 Å². The first kappa shape index (κ1) is 13.2. The molecule has 0 radical (unpaired) electrons. The highest BCUT2D eigenvalue weighted by Crippen LogP contribution is 2.27. The smallest absolute Gasteiger partial charge is 0.257 e. The number of carbonyl (C=O) groups excluding carboxylic acids is 1. The van der Waals surface area contributed by atoms with Gasteiger partial charge in [0, 0.05) is 10.0 Å². The molecule has 0 aliphatic carbocycles. The van der Waals surface area contributed by atoms with Gasteiger partial charge in [0.2, 0.25) is 0 Å². The van der Waals surface area contributed by atoms with E-state index >= 15 is 0 Å². The van der Waals surface area contributed by atoms with Crippen molar-refractivity contribution in [3.8, 4) is 0 Å². The molecule has 1 aromatic heterocycles. The van der Waals surface area contributed by atoms with Gasteiger partial charge in [-0.25, -0.2) is 9.37 Å². The Balaban J connectivity index is 1.87. The van der Waals surface area contributed by atoms with Gasteiger partial charge in [0.15, 0.2) is 5.13 Å². The van der Waals surface area contributed by atoms with Crippen LogP contribution in [0.2, 0.25) is 0 Å². The Hall–Kier alpha value is -1.79. The summed E-state index contributed by atoms with van der Waals surface area (Å²) >= 11 is 4.55. The second kappa shape index (κ2) is 5.30. The zero-order chi connectivity index (χ0) is 14.1. The monoisotopic (exact) mass is 350 g/mol. The molecule has 2 aromatic carbocycles. The van der Waals surface area contributed by atoms with Gasteiger partial charge in [-0.15, -0.1) is 0 Å². The normalized spacial score (nSPS) is 10.7. The van der Waals surface area contributed by atoms with Crippen LogP contribution in [-0.2, 0) is 0 Å². The summed E-state index contributed by atoms with van der Waals surface area (Å²) in [4.78, 5) is 16.1. The molecule has 1 amide bonds. The lowest BCUT2D eigenvalue weighted by Crippen LogP contribution is -2.11. The van der Waals surface area contributed by atoms with Crippen molar-refractivity contribution in [2.24, 2.45) is 0 Å². The lowest BCUT2D eigenvalue weighted by atomic mass is 10.2. The molecule has 0 fully saturated rings. The summed E-state index contributed by atoms with van der Waals surface area (Å²) in [6, 6.07) is 11.7. The van der Waals surface area contributed by atoms with Crippen LogP contribution < -0.4 is 5.32 Å². The van der Waals surface area contributed by atoms with Crippen molar-refractivity contribution in [3.05, 3.63) is 58.3 Å². The van der Waals surface area contributed by atoms with Gasteiger partial charge in [-0.05, 0) is 36.4 Å². The van der Waals surface area contributed by atoms with Crippen LogP contribution in [0.1, 0.15) is 10.4 Å². The number of para-hydroxylation sites is 1. The Kier molecular flexibility index (Phi) is 3.50. The van der Waals surface area contributed by atoms with Crippen LogP contribution >= 0.6 is 27.3 Å². The predicted molar refractivity (Wildman–Crippen MR) is 81.7 cm³/mol. The predicted octanol–water partition coefficient (Wildman–Crippen LogP) is 4.45. The standard InChI is InChI=1S/C14H8BrFN2OS/c15-9-6-4-8(5-7-9)13(19)18-14-17-12-10(16)2-1-3-11(12)20-14/h1-7H,(H,17,18,19). The van der Waals surface area contributed by atoms with Gasteiger partial charge in [-0.1, -0.05) is 33.3 Å². The van der Waals surface area contributed by atoms with Gasteiger partial charge in [0.1, 0.15) is 11.3 Å². The van der Waals surface area contributed by atoms with Crippen LogP contribution in [0.25, 0.3) is 10.2 Å². The lowest BCUT2D eigenvalue weighted by Gasteiger charge is -2.01. The van der Waals surface area contributed by atoms with Crippen molar-refractivity contribution in [2.45, 2.75) is 0 Å². The van der Waals surface area contributed by atoms with Gasteiger partial charge in [0.25, 0.3) is 5.91 Å². The molecule has 0 saturated carbocycles. The molecule has 1 heterocycles. The van der Waals surface area contributed by atoms with E-state index in [9.17, 15) is 9.18 Å². The highest BCUT2D eigenvalue weighted by Gasteiger charge is 2.11. The van der Waals surface area contributed by atoms with Crippen LogP contribution in [0.4, 0.5) is 9.52 Å². The Morgan fingerprint density at radius 2 is 1.95 bits per heavy atom. The molecule has 0 unspecified atom stereocenters. The molecule has 3 nitrogen and oxygen atoms in total. The lowest BCUT2D eigenvalue weighted by molar-refractivity contribution is 0.102. The molecule has 3 aromatic rings. The van der Waals surface area contributed by atoms with E-state index in [-0.39, 0.29) is 17.2 Å². The second-order valence-electron chi connectivity index (χ2n) is 4.07. The molecule has 0 saturated heterocycles. The largest absolute Gasteiger partial charge is 0.298 e. The van der Waals surface area contributed by atoms with Crippen molar-refractivity contribution in [1.82, 2.24) is 4.98 Å². The van der Waals surface area contributed by atoms with E-state index in [1.165, 1.54) is 17.4 Å². The van der Waals surface area contributed by atoms with Gasteiger partial charge < -0.3 is 0 Å². The first-order chi connectivity index (χ1) is 9.63. The quantitative estimate of drug-likeness (QED) is 0.741. The molecule has 0 atom stereocenters. The number of anilines is 1. The SMILES string of the molecule is O=C(Nc1nc2c(F)cccc2s1)c1ccc(Br)cc1. The summed E-state index contributed by atoms with van der Waals surface area (Å²) in [5, 5.41) is 3.07. The third kappa shape index (κ3) is 2.57. The highest BCUT2D eigenvalue weighted by molar-refractivity contribution is 9.10. The number of nitrogens with one attached hydrogen (secondary N) is 1. The molecule has 20 heavy (non-hydrogen) atoms. The molecule has 100 valence electrons. The summed E-state index contributed by atoms with van der Waals surface area (Å²) < 4.78 is 15.1. The highest BCUT2D eigenvalue weighted by atomic mass is 79.9. The Labute approximate surface area is 126 Å². The molecular weight excluding hydrogens is 343 g/mol. The number of fused-ring (bicyclic) bond motifs is 1. The molecule has 0 spiro atoms. The van der Waals surface area contributed by atoms with Crippen molar-refractivity contribution in [2.75, 3.05) is 5.32 Å². The third-order valence-electron chi connectivity index (χ3n) is 2.70. The molecule has 3 rings (SSSR count). The van der Waals surface area contributed by atoms with Gasteiger partial charge in [0.05, 0.1) is 4.70 Å². The van der Waals surface area contributed by atoms with E-state index in [2.05, 4.69) is 26.2 Å². The number of amides is 1. The van der Waals surface area contributed by atoms with Crippen LogP contribution in [0, 0.1) is 5.82 Å². The minimum atomic E-state index is -0.386. The fraction of sp³-hybridized carbons (Fsp3) is 0. The fourth-order valence-corrected chi connectivity index (χ4v) is 2.88. The topological polar surface area (TPSA) is 42.0 Å². The molecule has 0 aliphatic heterocycles. The Morgan fingerprint density at radius 1 is 1.20 bits per heavy atom. The van der Waals surface area contributed by atoms with Gasteiger partial charge in [-0.2, -0.15) is 0 Å². The molecule has 0 aliphatic rings. The van der Waals surface area contributed by atoms with Crippen LogP contribution in [-0.4, -0.2) is 10.9 Å². The second-order valence-corrected chi connectivity index (χ2v) is 6.01. The Bertz CT molecular complexity index is 785. The number of halogens is 2. The molecule has 6 heteroatoms. The average Bonchev–Trinajstić information content (AvgIpc) is 2.83. The maximum absolute atomic E-state index is 13.5. The number of aromatic nitrogens is 1. The number of rotatable bonds is 2. The number of carbonyl (C=O) groups is 1. The van der Waals surface area contributed by atoms with E-state index in [1.54, 1.807) is 36.4 Å². The zero-order valence-electron chi connectivity index (χ0n) is 10.1. The average molecular weight is 351 g/mol. The van der Waals surface area contributed by atoms with Gasteiger partial charge >= 0.3 is 0 Å². The van der Waals surface area contributed by atoms with Crippen molar-refractivity contribution in [1.29, 1.82) is 0 Å². The first-order valence-electron chi connectivity index (χ1n) is 5.75. The summed E-state index contributed by atoms with van der Waals surface area (Å²) in [5.74, 6) is -0.653. The van der Waals surface area contributed by atoms with Crippen LogP contribution in [0.5, 0.6) is 0 Å². The summed E-state index contributed by atoms with van der Waals surface area (Å²) in [6.45, 7) is 0. The summed E-state index contributed by atoms with van der Waals surface area (Å²) in [6.07, 6.45) is 0. The van der Waals surface area contributed by atoms with E-state index in [4.69, 9.17) is 0 Å². The molecular formula is C14H8BrFN2OS. The maximum atomic E-state index is 13.5. The van der Waals surface area contributed by atoms with E-state index < -0.39 is 0 Å². The summed E-state index contributed by atoms with van der Waals surface area (Å²) in [7, 11) is 0. The van der Waals surface area contributed by atoms with Crippen molar-refractivity contribution >= 4 is 48.5 Å². The van der Waals surface area contributed by atoms with E-state index in [1.807, 2.05) is 0 Å².